The molecule has 0 bridgehead atoms. The first-order chi connectivity index (χ1) is 12.1. The fourth-order valence-corrected chi connectivity index (χ4v) is 5.73. The van der Waals surface area contributed by atoms with Crippen LogP contribution in [0.15, 0.2) is 54.6 Å². The summed E-state index contributed by atoms with van der Waals surface area (Å²) in [5.74, 6) is 0.290. The average molecular weight is 406 g/mol. The van der Waals surface area contributed by atoms with E-state index < -0.39 is 31.7 Å². The van der Waals surface area contributed by atoms with Crippen LogP contribution in [0.2, 0.25) is 0 Å². The summed E-state index contributed by atoms with van der Waals surface area (Å²) in [5.41, 5.74) is 0.841. The van der Waals surface area contributed by atoms with Gasteiger partial charge in [0.15, 0.2) is 0 Å². The minimum absolute atomic E-state index is 0.199. The first-order valence-corrected chi connectivity index (χ1v) is 9.83. The Morgan fingerprint density at radius 2 is 1.92 bits per heavy atom. The molecule has 0 N–H and O–H groups in total. The molecule has 2 aromatic rings. The fraction of sp³-hybridized carbons (Fsp3) is 0.316. The van der Waals surface area contributed by atoms with Crippen molar-refractivity contribution in [3.63, 3.8) is 0 Å². The van der Waals surface area contributed by atoms with E-state index in [0.717, 1.165) is 15.8 Å². The number of rotatable bonds is 4. The molecule has 0 aliphatic carbocycles. The van der Waals surface area contributed by atoms with Crippen molar-refractivity contribution in [2.75, 3.05) is 13.7 Å². The fourth-order valence-electron chi connectivity index (χ4n) is 3.35. The van der Waals surface area contributed by atoms with E-state index in [1.807, 2.05) is 54.6 Å². The van der Waals surface area contributed by atoms with Crippen LogP contribution < -0.4 is 9.20 Å². The maximum atomic E-state index is 15.5. The number of amides is 1. The third kappa shape index (κ3) is 2.95. The van der Waals surface area contributed by atoms with Gasteiger partial charge in [0.2, 0.25) is 0 Å². The number of carbonyl (C=O) groups excluding carboxylic acids is 1. The van der Waals surface area contributed by atoms with Crippen LogP contribution in [-0.2, 0) is 9.53 Å². The minimum atomic E-state index is -1.80. The molecule has 2 saturated heterocycles. The number of benzene rings is 2. The van der Waals surface area contributed by atoms with Gasteiger partial charge >= 0.3 is 152 Å². The maximum absolute atomic E-state index is 15.5. The summed E-state index contributed by atoms with van der Waals surface area (Å²) < 4.78 is 25.5. The molecule has 2 fully saturated rings. The zero-order valence-corrected chi connectivity index (χ0v) is 15.4. The Balaban J connectivity index is 1.57. The quantitative estimate of drug-likeness (QED) is 0.730. The second-order valence-electron chi connectivity index (χ2n) is 6.17. The monoisotopic (exact) mass is 407 g/mol. The molecule has 6 heteroatoms. The van der Waals surface area contributed by atoms with E-state index in [4.69, 9.17) is 9.47 Å². The van der Waals surface area contributed by atoms with E-state index in [0.29, 0.717) is 6.61 Å². The molecule has 2 aliphatic rings. The van der Waals surface area contributed by atoms with Crippen molar-refractivity contribution in [1.82, 2.24) is 4.90 Å². The van der Waals surface area contributed by atoms with Crippen molar-refractivity contribution in [2.24, 2.45) is 0 Å². The Kier molecular flexibility index (Phi) is 4.28. The van der Waals surface area contributed by atoms with Gasteiger partial charge in [-0.25, -0.2) is 0 Å². The normalized spacial score (nSPS) is 28.2. The Bertz CT molecular complexity index is 770. The SMILES string of the molecule is COc1ccc([C@H]2OC[C@@H]3CC(F)([Se]c4ccccc4)C(=O)N32)cc1. The summed E-state index contributed by atoms with van der Waals surface area (Å²) >= 11 is -0.555. The van der Waals surface area contributed by atoms with Crippen LogP contribution in [0.4, 0.5) is 4.39 Å². The molecule has 4 nitrogen and oxygen atoms in total. The molecule has 25 heavy (non-hydrogen) atoms. The molecule has 130 valence electrons. The van der Waals surface area contributed by atoms with Crippen molar-refractivity contribution < 1.29 is 18.7 Å². The van der Waals surface area contributed by atoms with E-state index in [9.17, 15) is 4.79 Å². The molecule has 2 aromatic carbocycles. The number of halogens is 1. The number of nitrogens with zero attached hydrogens (tertiary/aromatic N) is 1. The van der Waals surface area contributed by atoms with Gasteiger partial charge in [-0.05, 0) is 0 Å². The predicted octanol–water partition coefficient (Wildman–Crippen LogP) is 2.02. The molecule has 1 unspecified atom stereocenters. The molecule has 0 spiro atoms. The van der Waals surface area contributed by atoms with Gasteiger partial charge in [-0.3, -0.25) is 0 Å². The van der Waals surface area contributed by atoms with Crippen LogP contribution in [0.1, 0.15) is 18.2 Å². The zero-order valence-electron chi connectivity index (χ0n) is 13.7. The van der Waals surface area contributed by atoms with Crippen LogP contribution in [0.5, 0.6) is 5.75 Å². The van der Waals surface area contributed by atoms with Gasteiger partial charge in [-0.1, -0.05) is 0 Å². The third-order valence-corrected chi connectivity index (χ3v) is 7.03. The van der Waals surface area contributed by atoms with Gasteiger partial charge in [0.05, 0.1) is 0 Å². The number of hydrogen-bond donors (Lipinski definition) is 0. The van der Waals surface area contributed by atoms with Gasteiger partial charge in [0.25, 0.3) is 0 Å². The van der Waals surface area contributed by atoms with E-state index in [1.54, 1.807) is 12.0 Å². The standard InChI is InChI=1S/C19H18FNO3Se/c1-23-15-9-7-13(8-10-15)17-21-14(12-24-17)11-19(20,18(21)22)25-16-5-3-2-4-6-16/h2-10,14,17H,11-12H2,1H3/t14-,17+,19?/m0/s1. The number of methoxy groups -OCH3 is 1. The molecule has 0 radical (unpaired) electrons. The first kappa shape index (κ1) is 16.6. The van der Waals surface area contributed by atoms with Crippen molar-refractivity contribution in [3.8, 4) is 5.75 Å². The summed E-state index contributed by atoms with van der Waals surface area (Å²) in [6.07, 6.45) is -0.319. The Morgan fingerprint density at radius 3 is 2.60 bits per heavy atom. The van der Waals surface area contributed by atoms with Crippen molar-refractivity contribution in [2.45, 2.75) is 23.3 Å². The molecule has 3 atom stereocenters. The van der Waals surface area contributed by atoms with Crippen LogP contribution in [-0.4, -0.2) is 50.1 Å². The number of ether oxygens (including phenoxy) is 2. The predicted molar refractivity (Wildman–Crippen MR) is 92.6 cm³/mol. The Morgan fingerprint density at radius 1 is 1.20 bits per heavy atom. The molecular formula is C19H18FNO3Se. The Hall–Kier alpha value is -1.88. The summed E-state index contributed by atoms with van der Waals surface area (Å²) in [4.78, 5) is 14.5. The number of hydrogen-bond acceptors (Lipinski definition) is 3. The molecule has 2 aliphatic heterocycles. The van der Waals surface area contributed by atoms with Crippen LogP contribution in [0.3, 0.4) is 0 Å². The van der Waals surface area contributed by atoms with Crippen molar-refractivity contribution in [3.05, 3.63) is 60.2 Å². The van der Waals surface area contributed by atoms with Gasteiger partial charge in [-0.15, -0.1) is 0 Å². The first-order valence-electron chi connectivity index (χ1n) is 8.12. The summed E-state index contributed by atoms with van der Waals surface area (Å²) in [5, 5.41) is 0. The molecule has 4 rings (SSSR count). The number of carbonyl (C=O) groups is 1. The van der Waals surface area contributed by atoms with E-state index in [-0.39, 0.29) is 12.5 Å². The molecule has 2 heterocycles. The van der Waals surface area contributed by atoms with Gasteiger partial charge < -0.3 is 0 Å². The third-order valence-electron chi connectivity index (χ3n) is 4.57. The van der Waals surface area contributed by atoms with E-state index in [1.165, 1.54) is 0 Å². The summed E-state index contributed by atoms with van der Waals surface area (Å²) in [7, 11) is 1.60. The molecule has 1 amide bonds. The van der Waals surface area contributed by atoms with Gasteiger partial charge in [0, 0.05) is 0 Å². The van der Waals surface area contributed by atoms with Crippen LogP contribution >= 0.6 is 0 Å². The summed E-state index contributed by atoms with van der Waals surface area (Å²) in [6.45, 7) is 0.374. The van der Waals surface area contributed by atoms with Crippen molar-refractivity contribution >= 4 is 25.3 Å². The Labute approximate surface area is 152 Å². The topological polar surface area (TPSA) is 38.8 Å². The average Bonchev–Trinajstić information content (AvgIpc) is 3.14. The van der Waals surface area contributed by atoms with Gasteiger partial charge in [0.1, 0.15) is 0 Å². The molecule has 0 saturated carbocycles. The second kappa shape index (κ2) is 6.45. The van der Waals surface area contributed by atoms with Crippen molar-refractivity contribution in [1.29, 1.82) is 0 Å². The van der Waals surface area contributed by atoms with E-state index in [2.05, 4.69) is 0 Å². The summed E-state index contributed by atoms with van der Waals surface area (Å²) in [6, 6.07) is 16.6. The number of alkyl halides is 1. The van der Waals surface area contributed by atoms with Crippen LogP contribution in [0, 0.1) is 0 Å². The second-order valence-corrected chi connectivity index (χ2v) is 8.95. The molecule has 0 aromatic heterocycles. The van der Waals surface area contributed by atoms with Crippen LogP contribution in [0.25, 0.3) is 0 Å². The van der Waals surface area contributed by atoms with E-state index >= 15 is 4.39 Å². The zero-order chi connectivity index (χ0) is 17.4. The van der Waals surface area contributed by atoms with Gasteiger partial charge in [-0.2, -0.15) is 0 Å². The molecular weight excluding hydrogens is 388 g/mol. The number of fused-ring (bicyclic) bond motifs is 1.